The number of carbonyl (C=O) groups is 1. The average molecular weight is 336 g/mol. The fraction of sp³-hybridized carbons (Fsp3) is 0.500. The summed E-state index contributed by atoms with van der Waals surface area (Å²) in [6.07, 6.45) is 5.32. The molecule has 23 heavy (non-hydrogen) atoms. The molecule has 2 aliphatic rings. The maximum absolute atomic E-state index is 13.0. The Labute approximate surface area is 138 Å². The number of hydrogen-bond acceptors (Lipinski definition) is 4. The zero-order chi connectivity index (χ0) is 16.0. The highest BCUT2D eigenvalue weighted by atomic mass is 35.5. The molecule has 3 heterocycles. The van der Waals surface area contributed by atoms with Gasteiger partial charge in [-0.25, -0.2) is 4.98 Å². The number of fused-ring (bicyclic) bond motifs is 3. The van der Waals surface area contributed by atoms with Gasteiger partial charge in [-0.05, 0) is 25.0 Å². The van der Waals surface area contributed by atoms with E-state index in [1.165, 1.54) is 0 Å². The van der Waals surface area contributed by atoms with Crippen molar-refractivity contribution in [3.05, 3.63) is 35.2 Å². The number of carbonyl (C=O) groups excluding carboxylic acids is 1. The first-order chi connectivity index (χ1) is 11.2. The Morgan fingerprint density at radius 3 is 3.09 bits per heavy atom. The van der Waals surface area contributed by atoms with E-state index in [0.717, 1.165) is 12.8 Å². The largest absolute Gasteiger partial charge is 0.377 e. The van der Waals surface area contributed by atoms with Gasteiger partial charge in [-0.3, -0.25) is 4.79 Å². The van der Waals surface area contributed by atoms with Crippen molar-refractivity contribution in [2.75, 3.05) is 20.3 Å². The van der Waals surface area contributed by atoms with Crippen molar-refractivity contribution in [2.24, 2.45) is 0 Å². The molecule has 2 aromatic rings. The molecule has 0 unspecified atom stereocenters. The number of methoxy groups -OCH3 is 1. The number of nitrogens with zero attached hydrogens (tertiary/aromatic N) is 3. The summed E-state index contributed by atoms with van der Waals surface area (Å²) in [4.78, 5) is 19.2. The second-order valence-corrected chi connectivity index (χ2v) is 6.43. The van der Waals surface area contributed by atoms with E-state index in [0.29, 0.717) is 29.5 Å². The Balaban J connectivity index is 1.66. The molecular weight excluding hydrogens is 318 g/mol. The molecule has 1 aliphatic heterocycles. The molecular formula is C16H18ClN3O3. The molecule has 2 fully saturated rings. The molecule has 3 atom stereocenters. The second-order valence-electron chi connectivity index (χ2n) is 5.99. The van der Waals surface area contributed by atoms with Crippen LogP contribution in [-0.2, 0) is 9.47 Å². The third-order valence-corrected chi connectivity index (χ3v) is 4.95. The molecule has 0 N–H and O–H groups in total. The van der Waals surface area contributed by atoms with Crippen molar-refractivity contribution in [3.8, 4) is 0 Å². The number of pyridine rings is 1. The number of halogens is 1. The summed E-state index contributed by atoms with van der Waals surface area (Å²) < 4.78 is 13.2. The summed E-state index contributed by atoms with van der Waals surface area (Å²) in [5.74, 6) is -0.0805. The summed E-state index contributed by atoms with van der Waals surface area (Å²) in [5.41, 5.74) is 1.13. The molecule has 122 valence electrons. The van der Waals surface area contributed by atoms with Gasteiger partial charge in [0.2, 0.25) is 0 Å². The standard InChI is InChI=1S/C16H18ClN3O3/c1-22-15-12-3-4-13(15)23-7-6-20(12)16(21)11-9-19-8-10(17)2-5-14(19)18-11/h2,5,8-9,12-13,15H,3-4,6-7H2,1H3/t12-,13-,15+/m1/s1. The van der Waals surface area contributed by atoms with Crippen molar-refractivity contribution in [2.45, 2.75) is 31.1 Å². The van der Waals surface area contributed by atoms with Crippen LogP contribution in [0.3, 0.4) is 0 Å². The van der Waals surface area contributed by atoms with Crippen LogP contribution in [0.1, 0.15) is 23.3 Å². The van der Waals surface area contributed by atoms with E-state index >= 15 is 0 Å². The monoisotopic (exact) mass is 335 g/mol. The van der Waals surface area contributed by atoms with E-state index in [2.05, 4.69) is 4.98 Å². The topological polar surface area (TPSA) is 56.1 Å². The molecule has 6 nitrogen and oxygen atoms in total. The summed E-state index contributed by atoms with van der Waals surface area (Å²) >= 11 is 5.99. The second kappa shape index (κ2) is 5.78. The lowest BCUT2D eigenvalue weighted by molar-refractivity contribution is -0.0316. The summed E-state index contributed by atoms with van der Waals surface area (Å²) in [7, 11) is 1.68. The molecule has 0 aromatic carbocycles. The Morgan fingerprint density at radius 1 is 1.39 bits per heavy atom. The van der Waals surface area contributed by atoms with Crippen LogP contribution in [0.4, 0.5) is 0 Å². The van der Waals surface area contributed by atoms with Gasteiger partial charge in [-0.2, -0.15) is 0 Å². The molecule has 7 heteroatoms. The lowest BCUT2D eigenvalue weighted by Crippen LogP contribution is -2.46. The Bertz CT molecular complexity index is 747. The molecule has 1 saturated carbocycles. The van der Waals surface area contributed by atoms with Gasteiger partial charge in [0, 0.05) is 26.0 Å². The molecule has 0 radical (unpaired) electrons. The SMILES string of the molecule is CO[C@H]1[C@H]2CC[C@H]1OCCN2C(=O)c1cn2cc(Cl)ccc2n1. The van der Waals surface area contributed by atoms with Crippen LogP contribution >= 0.6 is 11.6 Å². The van der Waals surface area contributed by atoms with E-state index in [9.17, 15) is 4.79 Å². The quantitative estimate of drug-likeness (QED) is 0.842. The Hall–Kier alpha value is -1.63. The van der Waals surface area contributed by atoms with E-state index in [1.54, 1.807) is 36.0 Å². The van der Waals surface area contributed by atoms with Gasteiger partial charge < -0.3 is 18.8 Å². The van der Waals surface area contributed by atoms with E-state index in [1.807, 2.05) is 4.90 Å². The highest BCUT2D eigenvalue weighted by Gasteiger charge is 2.44. The van der Waals surface area contributed by atoms with E-state index in [4.69, 9.17) is 21.1 Å². The molecule has 1 aliphatic carbocycles. The van der Waals surface area contributed by atoms with Crippen molar-refractivity contribution < 1.29 is 14.3 Å². The Morgan fingerprint density at radius 2 is 2.26 bits per heavy atom. The minimum Gasteiger partial charge on any atom is -0.377 e. The first kappa shape index (κ1) is 14.9. The average Bonchev–Trinajstić information content (AvgIpc) is 3.07. The summed E-state index contributed by atoms with van der Waals surface area (Å²) in [5, 5.41) is 0.607. The van der Waals surface area contributed by atoms with E-state index in [-0.39, 0.29) is 24.2 Å². The van der Waals surface area contributed by atoms with E-state index < -0.39 is 0 Å². The van der Waals surface area contributed by atoms with Crippen LogP contribution in [0.15, 0.2) is 24.5 Å². The van der Waals surface area contributed by atoms with Crippen LogP contribution in [0.5, 0.6) is 0 Å². The predicted octanol–water partition coefficient (Wildman–Crippen LogP) is 2.01. The molecule has 2 bridgehead atoms. The lowest BCUT2D eigenvalue weighted by atomic mass is 10.1. The maximum atomic E-state index is 13.0. The van der Waals surface area contributed by atoms with Gasteiger partial charge in [0.05, 0.1) is 23.8 Å². The maximum Gasteiger partial charge on any atom is 0.274 e. The van der Waals surface area contributed by atoms with Gasteiger partial charge in [0.25, 0.3) is 5.91 Å². The number of hydrogen-bond donors (Lipinski definition) is 0. The fourth-order valence-electron chi connectivity index (χ4n) is 3.67. The van der Waals surface area contributed by atoms with Crippen LogP contribution in [0.25, 0.3) is 5.65 Å². The molecule has 1 saturated heterocycles. The van der Waals surface area contributed by atoms with Crippen molar-refractivity contribution in [1.29, 1.82) is 0 Å². The van der Waals surface area contributed by atoms with Crippen LogP contribution < -0.4 is 0 Å². The third-order valence-electron chi connectivity index (χ3n) is 4.72. The van der Waals surface area contributed by atoms with Gasteiger partial charge >= 0.3 is 0 Å². The van der Waals surface area contributed by atoms with Crippen molar-refractivity contribution >= 4 is 23.2 Å². The number of rotatable bonds is 2. The minimum atomic E-state index is -0.0805. The molecule has 1 amide bonds. The van der Waals surface area contributed by atoms with Crippen LogP contribution in [0.2, 0.25) is 5.02 Å². The summed E-state index contributed by atoms with van der Waals surface area (Å²) in [6.45, 7) is 1.10. The molecule has 4 rings (SSSR count). The van der Waals surface area contributed by atoms with Gasteiger partial charge in [-0.15, -0.1) is 0 Å². The van der Waals surface area contributed by atoms with Crippen molar-refractivity contribution in [1.82, 2.24) is 14.3 Å². The first-order valence-corrected chi connectivity index (χ1v) is 8.15. The summed E-state index contributed by atoms with van der Waals surface area (Å²) in [6, 6.07) is 3.61. The third kappa shape index (κ3) is 2.51. The predicted molar refractivity (Wildman–Crippen MR) is 84.8 cm³/mol. The highest BCUT2D eigenvalue weighted by Crippen LogP contribution is 2.32. The normalized spacial score (nSPS) is 27.4. The molecule has 0 spiro atoms. The minimum absolute atomic E-state index is 0.0494. The highest BCUT2D eigenvalue weighted by molar-refractivity contribution is 6.30. The number of amides is 1. The van der Waals surface area contributed by atoms with Gasteiger partial charge in [-0.1, -0.05) is 11.6 Å². The number of aromatic nitrogens is 2. The van der Waals surface area contributed by atoms with Gasteiger partial charge in [0.15, 0.2) is 0 Å². The Kier molecular flexibility index (Phi) is 3.75. The van der Waals surface area contributed by atoms with Crippen LogP contribution in [-0.4, -0.2) is 58.7 Å². The zero-order valence-electron chi connectivity index (χ0n) is 12.8. The number of ether oxygens (including phenoxy) is 2. The smallest absolute Gasteiger partial charge is 0.274 e. The number of imidazole rings is 1. The fourth-order valence-corrected chi connectivity index (χ4v) is 3.83. The first-order valence-electron chi connectivity index (χ1n) is 7.77. The van der Waals surface area contributed by atoms with Crippen molar-refractivity contribution in [3.63, 3.8) is 0 Å². The zero-order valence-corrected chi connectivity index (χ0v) is 13.6. The van der Waals surface area contributed by atoms with Gasteiger partial charge in [0.1, 0.15) is 17.4 Å². The lowest BCUT2D eigenvalue weighted by Gasteiger charge is -2.30. The molecule has 2 aromatic heterocycles. The van der Waals surface area contributed by atoms with Crippen LogP contribution in [0, 0.1) is 0 Å².